The van der Waals surface area contributed by atoms with Crippen LogP contribution in [0, 0.1) is 0 Å². The third kappa shape index (κ3) is 7.54. The Morgan fingerprint density at radius 2 is 1.60 bits per heavy atom. The summed E-state index contributed by atoms with van der Waals surface area (Å²) in [4.78, 5) is 16.9. The van der Waals surface area contributed by atoms with Gasteiger partial charge < -0.3 is 10.2 Å². The lowest BCUT2D eigenvalue weighted by Gasteiger charge is -2.36. The summed E-state index contributed by atoms with van der Waals surface area (Å²) in [6.07, 6.45) is 3.14. The highest BCUT2D eigenvalue weighted by atomic mass is 35.5. The van der Waals surface area contributed by atoms with Crippen LogP contribution in [0.2, 0.25) is 10.0 Å². The summed E-state index contributed by atoms with van der Waals surface area (Å²) in [5.74, 6) is -0.302. The molecule has 1 heterocycles. The highest BCUT2D eigenvalue weighted by molar-refractivity contribution is 7.80. The van der Waals surface area contributed by atoms with E-state index in [0.29, 0.717) is 5.02 Å². The molecule has 180 valence electrons. The number of rotatable bonds is 6. The van der Waals surface area contributed by atoms with Gasteiger partial charge in [0.15, 0.2) is 5.11 Å². The van der Waals surface area contributed by atoms with Crippen LogP contribution in [-0.4, -0.2) is 42.1 Å². The number of halogens is 2. The number of piperazine rings is 1. The van der Waals surface area contributed by atoms with Gasteiger partial charge in [0.1, 0.15) is 0 Å². The molecule has 8 heteroatoms. The first kappa shape index (κ1) is 25.2. The van der Waals surface area contributed by atoms with Crippen LogP contribution >= 0.6 is 35.4 Å². The van der Waals surface area contributed by atoms with Crippen molar-refractivity contribution in [2.45, 2.75) is 6.54 Å². The highest BCUT2D eigenvalue weighted by Crippen LogP contribution is 2.22. The summed E-state index contributed by atoms with van der Waals surface area (Å²) in [6.45, 7) is 4.72. The minimum atomic E-state index is -0.302. The van der Waals surface area contributed by atoms with Gasteiger partial charge in [-0.2, -0.15) is 0 Å². The van der Waals surface area contributed by atoms with Crippen molar-refractivity contribution >= 4 is 63.9 Å². The van der Waals surface area contributed by atoms with E-state index in [4.69, 9.17) is 35.4 Å². The Hall–Kier alpha value is -2.90. The highest BCUT2D eigenvalue weighted by Gasteiger charge is 2.18. The Kier molecular flexibility index (Phi) is 8.77. The first-order valence-corrected chi connectivity index (χ1v) is 12.5. The van der Waals surface area contributed by atoms with E-state index in [1.807, 2.05) is 42.5 Å². The second kappa shape index (κ2) is 12.2. The molecule has 0 unspecified atom stereocenters. The summed E-state index contributed by atoms with van der Waals surface area (Å²) >= 11 is 17.5. The number of thiocarbonyl (C=S) groups is 1. The molecule has 0 aliphatic carbocycles. The third-order valence-electron chi connectivity index (χ3n) is 5.75. The Bertz CT molecular complexity index is 1190. The lowest BCUT2D eigenvalue weighted by molar-refractivity contribution is -0.115. The zero-order chi connectivity index (χ0) is 24.6. The fraction of sp³-hybridized carbons (Fsp3) is 0.185. The van der Waals surface area contributed by atoms with E-state index in [0.717, 1.165) is 54.7 Å². The molecule has 0 radical (unpaired) electrons. The number of nitrogens with one attached hydrogen (secondary N) is 2. The SMILES string of the molecule is O=C(/C=C/c1ccc(Cl)cc1)NC(=S)Nc1ccc(N2CCN(Cc3ccccc3Cl)CC2)cc1. The molecule has 1 fully saturated rings. The molecular formula is C27H26Cl2N4OS. The molecule has 0 saturated carbocycles. The van der Waals surface area contributed by atoms with Gasteiger partial charge in [-0.3, -0.25) is 15.0 Å². The summed E-state index contributed by atoms with van der Waals surface area (Å²) in [7, 11) is 0. The number of hydrogen-bond acceptors (Lipinski definition) is 4. The van der Waals surface area contributed by atoms with Gasteiger partial charge >= 0.3 is 0 Å². The molecular weight excluding hydrogens is 499 g/mol. The van der Waals surface area contributed by atoms with Crippen molar-refractivity contribution in [2.24, 2.45) is 0 Å². The number of carbonyl (C=O) groups excluding carboxylic acids is 1. The predicted octanol–water partition coefficient (Wildman–Crippen LogP) is 5.84. The average molecular weight is 526 g/mol. The van der Waals surface area contributed by atoms with E-state index in [2.05, 4.69) is 38.6 Å². The molecule has 0 aromatic heterocycles. The maximum Gasteiger partial charge on any atom is 0.250 e. The second-order valence-electron chi connectivity index (χ2n) is 8.23. The summed E-state index contributed by atoms with van der Waals surface area (Å²) in [6, 6.07) is 23.3. The molecule has 3 aromatic carbocycles. The van der Waals surface area contributed by atoms with Crippen molar-refractivity contribution in [2.75, 3.05) is 36.4 Å². The molecule has 1 aliphatic rings. The Morgan fingerprint density at radius 1 is 0.914 bits per heavy atom. The first-order valence-electron chi connectivity index (χ1n) is 11.3. The molecule has 0 bridgehead atoms. The summed E-state index contributed by atoms with van der Waals surface area (Å²) in [5.41, 5.74) is 4.03. The quantitative estimate of drug-likeness (QED) is 0.313. The molecule has 0 atom stereocenters. The third-order valence-corrected chi connectivity index (χ3v) is 6.57. The van der Waals surface area contributed by atoms with Gasteiger partial charge in [-0.05, 0) is 71.9 Å². The van der Waals surface area contributed by atoms with Gasteiger partial charge in [0.2, 0.25) is 5.91 Å². The predicted molar refractivity (Wildman–Crippen MR) is 150 cm³/mol. The lowest BCUT2D eigenvalue weighted by Crippen LogP contribution is -2.46. The van der Waals surface area contributed by atoms with Crippen LogP contribution in [0.1, 0.15) is 11.1 Å². The zero-order valence-corrected chi connectivity index (χ0v) is 21.4. The van der Waals surface area contributed by atoms with E-state index in [1.54, 1.807) is 18.2 Å². The van der Waals surface area contributed by atoms with Crippen LogP contribution in [0.3, 0.4) is 0 Å². The average Bonchev–Trinajstić information content (AvgIpc) is 2.86. The number of anilines is 2. The van der Waals surface area contributed by atoms with Crippen molar-refractivity contribution in [3.63, 3.8) is 0 Å². The van der Waals surface area contributed by atoms with Crippen LogP contribution in [0.15, 0.2) is 78.9 Å². The lowest BCUT2D eigenvalue weighted by atomic mass is 10.2. The van der Waals surface area contributed by atoms with Gasteiger partial charge in [0.05, 0.1) is 0 Å². The smallest absolute Gasteiger partial charge is 0.250 e. The standard InChI is InChI=1S/C27H26Cl2N4OS/c28-22-8-5-20(6-9-22)7-14-26(34)31-27(35)30-23-10-12-24(13-11-23)33-17-15-32(16-18-33)19-21-3-1-2-4-25(21)29/h1-14H,15-19H2,(H2,30,31,34,35)/b14-7+. The Labute approximate surface area is 221 Å². The fourth-order valence-corrected chi connectivity index (χ4v) is 4.39. The molecule has 0 spiro atoms. The first-order chi connectivity index (χ1) is 17.0. The van der Waals surface area contributed by atoms with Crippen molar-refractivity contribution in [3.8, 4) is 0 Å². The topological polar surface area (TPSA) is 47.6 Å². The van der Waals surface area contributed by atoms with E-state index in [1.165, 1.54) is 11.6 Å². The maximum atomic E-state index is 12.1. The maximum absolute atomic E-state index is 12.1. The largest absolute Gasteiger partial charge is 0.369 e. The molecule has 4 rings (SSSR count). The van der Waals surface area contributed by atoms with Crippen LogP contribution < -0.4 is 15.5 Å². The molecule has 1 amide bonds. The van der Waals surface area contributed by atoms with Crippen LogP contribution in [-0.2, 0) is 11.3 Å². The minimum absolute atomic E-state index is 0.247. The van der Waals surface area contributed by atoms with Gasteiger partial charge in [-0.25, -0.2) is 0 Å². The number of nitrogens with zero attached hydrogens (tertiary/aromatic N) is 2. The van der Waals surface area contributed by atoms with E-state index in [9.17, 15) is 4.79 Å². The summed E-state index contributed by atoms with van der Waals surface area (Å²) < 4.78 is 0. The van der Waals surface area contributed by atoms with Gasteiger partial charge in [0, 0.05) is 60.2 Å². The molecule has 35 heavy (non-hydrogen) atoms. The number of carbonyl (C=O) groups is 1. The van der Waals surface area contributed by atoms with Crippen LogP contribution in [0.25, 0.3) is 6.08 Å². The van der Waals surface area contributed by atoms with Crippen LogP contribution in [0.5, 0.6) is 0 Å². The van der Waals surface area contributed by atoms with Gasteiger partial charge in [-0.15, -0.1) is 0 Å². The molecule has 1 saturated heterocycles. The molecule has 1 aliphatic heterocycles. The van der Waals surface area contributed by atoms with Gasteiger partial charge in [-0.1, -0.05) is 53.5 Å². The van der Waals surface area contributed by atoms with Crippen molar-refractivity contribution in [1.29, 1.82) is 0 Å². The number of hydrogen-bond donors (Lipinski definition) is 2. The van der Waals surface area contributed by atoms with Crippen LogP contribution in [0.4, 0.5) is 11.4 Å². The second-order valence-corrected chi connectivity index (χ2v) is 9.48. The fourth-order valence-electron chi connectivity index (χ4n) is 3.85. The van der Waals surface area contributed by atoms with Crippen molar-refractivity contribution < 1.29 is 4.79 Å². The van der Waals surface area contributed by atoms with Gasteiger partial charge in [0.25, 0.3) is 0 Å². The van der Waals surface area contributed by atoms with E-state index in [-0.39, 0.29) is 11.0 Å². The Morgan fingerprint density at radius 3 is 2.29 bits per heavy atom. The van der Waals surface area contributed by atoms with E-state index < -0.39 is 0 Å². The van der Waals surface area contributed by atoms with Crippen molar-refractivity contribution in [1.82, 2.24) is 10.2 Å². The summed E-state index contributed by atoms with van der Waals surface area (Å²) in [5, 5.41) is 7.44. The molecule has 5 nitrogen and oxygen atoms in total. The minimum Gasteiger partial charge on any atom is -0.369 e. The number of benzene rings is 3. The Balaban J connectivity index is 1.23. The molecule has 3 aromatic rings. The monoisotopic (exact) mass is 524 g/mol. The molecule has 2 N–H and O–H groups in total. The van der Waals surface area contributed by atoms with Crippen molar-refractivity contribution in [3.05, 3.63) is 100 Å². The zero-order valence-electron chi connectivity index (χ0n) is 19.1. The number of amides is 1. The normalized spacial score (nSPS) is 14.2. The van der Waals surface area contributed by atoms with E-state index >= 15 is 0 Å².